The Balaban J connectivity index is 1.64. The molecule has 0 bridgehead atoms. The average Bonchev–Trinajstić information content (AvgIpc) is 2.73. The Labute approximate surface area is 196 Å². The summed E-state index contributed by atoms with van der Waals surface area (Å²) in [4.78, 5) is 4.54. The Kier molecular flexibility index (Phi) is 7.20. The second-order valence-corrected chi connectivity index (χ2v) is 37.6. The van der Waals surface area contributed by atoms with Gasteiger partial charge < -0.3 is 0 Å². The second-order valence-electron chi connectivity index (χ2n) is 7.29. The van der Waals surface area contributed by atoms with Crippen molar-refractivity contribution in [3.8, 4) is 0 Å². The SMILES string of the molecule is CN(C)c1cccc2cccc([Te][Te][Te]c3cccc4cccc(N(C)C)c34)c12. The van der Waals surface area contributed by atoms with Crippen LogP contribution in [0.3, 0.4) is 0 Å². The Morgan fingerprint density at radius 3 is 1.28 bits per heavy atom. The standard InChI is InChI=1S/C24H24N2Te3/c1-25(2)19-13-5-9-17-11-7-15-21(23(17)19)27-29-28-22-16-8-12-18-10-6-14-20(24(18)22)26(3)4/h5-16H,1-4H3. The van der Waals surface area contributed by atoms with E-state index < -0.39 is 0 Å². The van der Waals surface area contributed by atoms with Crippen LogP contribution in [0.15, 0.2) is 72.8 Å². The molecule has 0 aliphatic heterocycles. The molecule has 0 aliphatic rings. The summed E-state index contributed by atoms with van der Waals surface area (Å²) in [5.74, 6) is 0. The maximum atomic E-state index is 2.41. The Morgan fingerprint density at radius 1 is 0.517 bits per heavy atom. The number of anilines is 2. The molecule has 0 atom stereocenters. The van der Waals surface area contributed by atoms with Crippen molar-refractivity contribution in [2.45, 2.75) is 0 Å². The molecule has 0 spiro atoms. The molecule has 148 valence electrons. The first-order chi connectivity index (χ1) is 14.1. The zero-order valence-electron chi connectivity index (χ0n) is 17.0. The molecule has 0 N–H and O–H groups in total. The van der Waals surface area contributed by atoms with Gasteiger partial charge in [0.2, 0.25) is 0 Å². The maximum absolute atomic E-state index is 2.41. The quantitative estimate of drug-likeness (QED) is 0.283. The van der Waals surface area contributed by atoms with Crippen LogP contribution in [0.5, 0.6) is 0 Å². The third kappa shape index (κ3) is 4.68. The van der Waals surface area contributed by atoms with E-state index in [9.17, 15) is 0 Å². The summed E-state index contributed by atoms with van der Waals surface area (Å²) in [5.41, 5.74) is 2.74. The summed E-state index contributed by atoms with van der Waals surface area (Å²) in [7, 11) is 8.65. The molecule has 4 aromatic rings. The topological polar surface area (TPSA) is 6.48 Å². The van der Waals surface area contributed by atoms with Crippen molar-refractivity contribution in [1.82, 2.24) is 0 Å². The summed E-state index contributed by atoms with van der Waals surface area (Å²) in [5, 5.41) is 5.80. The number of fused-ring (bicyclic) bond motifs is 2. The molecule has 0 aliphatic carbocycles. The van der Waals surface area contributed by atoms with Crippen LogP contribution >= 0.6 is 0 Å². The second kappa shape index (κ2) is 9.67. The van der Waals surface area contributed by atoms with Crippen LogP contribution in [0.4, 0.5) is 11.4 Å². The molecule has 4 rings (SSSR count). The van der Waals surface area contributed by atoms with E-state index >= 15 is 0 Å². The van der Waals surface area contributed by atoms with E-state index in [1.165, 1.54) is 32.9 Å². The van der Waals surface area contributed by atoms with Gasteiger partial charge in [0, 0.05) is 0 Å². The van der Waals surface area contributed by atoms with Crippen LogP contribution in [0.25, 0.3) is 21.5 Å². The van der Waals surface area contributed by atoms with Gasteiger partial charge >= 0.3 is 198 Å². The molecule has 0 radical (unpaired) electrons. The van der Waals surface area contributed by atoms with E-state index in [4.69, 9.17) is 0 Å². The summed E-state index contributed by atoms with van der Waals surface area (Å²) in [6.07, 6.45) is 0. The Morgan fingerprint density at radius 2 is 0.897 bits per heavy atom. The fourth-order valence-corrected chi connectivity index (χ4v) is 38.6. The molecule has 0 heterocycles. The van der Waals surface area contributed by atoms with Gasteiger partial charge in [-0.3, -0.25) is 0 Å². The molecule has 2 nitrogen and oxygen atoms in total. The van der Waals surface area contributed by atoms with Gasteiger partial charge in [0.1, 0.15) is 0 Å². The number of hydrogen-bond donors (Lipinski definition) is 0. The minimum atomic E-state index is -0.0878. The van der Waals surface area contributed by atoms with Crippen LogP contribution in [-0.2, 0) is 0 Å². The molecule has 4 aromatic carbocycles. The zero-order valence-corrected chi connectivity index (χ0v) is 24.0. The molecule has 0 saturated heterocycles. The first-order valence-corrected chi connectivity index (χ1v) is 26.5. The van der Waals surface area contributed by atoms with Crippen molar-refractivity contribution in [3.05, 3.63) is 72.8 Å². The molecular weight excluding hydrogens is 699 g/mol. The summed E-state index contributed by atoms with van der Waals surface area (Å²) >= 11 is -0.105. The van der Waals surface area contributed by atoms with Crippen molar-refractivity contribution in [2.75, 3.05) is 38.0 Å². The number of nitrogens with zero attached hydrogens (tertiary/aromatic N) is 2. The first kappa shape index (κ1) is 21.6. The molecule has 0 fully saturated rings. The van der Waals surface area contributed by atoms with Gasteiger partial charge in [-0.15, -0.1) is 0 Å². The van der Waals surface area contributed by atoms with Gasteiger partial charge in [0.25, 0.3) is 0 Å². The molecule has 0 unspecified atom stereocenters. The van der Waals surface area contributed by atoms with Gasteiger partial charge in [-0.2, -0.15) is 0 Å². The van der Waals surface area contributed by atoms with E-state index in [0.29, 0.717) is 0 Å². The van der Waals surface area contributed by atoms with Crippen LogP contribution in [-0.4, -0.2) is 75.5 Å². The van der Waals surface area contributed by atoms with Gasteiger partial charge in [0.15, 0.2) is 0 Å². The molecule has 29 heavy (non-hydrogen) atoms. The average molecular weight is 723 g/mol. The van der Waals surface area contributed by atoms with Crippen LogP contribution in [0.2, 0.25) is 0 Å². The van der Waals surface area contributed by atoms with Gasteiger partial charge in [-0.1, -0.05) is 0 Å². The van der Waals surface area contributed by atoms with Gasteiger partial charge in [0.05, 0.1) is 0 Å². The monoisotopic (exact) mass is 730 g/mol. The molecule has 0 amide bonds. The van der Waals surface area contributed by atoms with E-state index in [2.05, 4.69) is 111 Å². The van der Waals surface area contributed by atoms with Gasteiger partial charge in [-0.05, 0) is 0 Å². The molecular formula is C24H24N2Te3. The van der Waals surface area contributed by atoms with Crippen molar-refractivity contribution in [1.29, 1.82) is 0 Å². The first-order valence-electron chi connectivity index (χ1n) is 9.45. The summed E-state index contributed by atoms with van der Waals surface area (Å²) in [6, 6.07) is 27.3. The van der Waals surface area contributed by atoms with E-state index in [0.717, 1.165) is 0 Å². The van der Waals surface area contributed by atoms with Crippen molar-refractivity contribution in [2.24, 2.45) is 0 Å². The van der Waals surface area contributed by atoms with Crippen molar-refractivity contribution < 1.29 is 0 Å². The van der Waals surface area contributed by atoms with Crippen LogP contribution in [0.1, 0.15) is 0 Å². The van der Waals surface area contributed by atoms with Crippen molar-refractivity contribution >= 4 is 87.4 Å². The Hall–Kier alpha value is -0.631. The third-order valence-electron chi connectivity index (χ3n) is 4.90. The van der Waals surface area contributed by atoms with E-state index in [1.54, 1.807) is 7.22 Å². The number of benzene rings is 4. The Bertz CT molecular complexity index is 1050. The van der Waals surface area contributed by atoms with Gasteiger partial charge in [-0.25, -0.2) is 0 Å². The molecule has 0 saturated carbocycles. The minimum absolute atomic E-state index is 0.0710. The fraction of sp³-hybridized carbons (Fsp3) is 0.167. The summed E-state index contributed by atoms with van der Waals surface area (Å²) in [6.45, 7) is 0. The third-order valence-corrected chi connectivity index (χ3v) is 35.2. The van der Waals surface area contributed by atoms with Crippen molar-refractivity contribution in [3.63, 3.8) is 0 Å². The summed E-state index contributed by atoms with van der Waals surface area (Å²) < 4.78 is 3.33. The van der Waals surface area contributed by atoms with Crippen LogP contribution < -0.4 is 17.0 Å². The normalized spacial score (nSPS) is 11.2. The zero-order chi connectivity index (χ0) is 20.4. The molecule has 5 heteroatoms. The van der Waals surface area contributed by atoms with Crippen LogP contribution in [0, 0.1) is 0 Å². The predicted molar refractivity (Wildman–Crippen MR) is 133 cm³/mol. The number of hydrogen-bond acceptors (Lipinski definition) is 2. The molecule has 0 aromatic heterocycles. The number of rotatable bonds is 6. The van der Waals surface area contributed by atoms with E-state index in [-0.39, 0.29) is 47.3 Å². The van der Waals surface area contributed by atoms with E-state index in [1.807, 2.05) is 0 Å². The predicted octanol–water partition coefficient (Wildman–Crippen LogP) is 3.02. The fourth-order valence-electron chi connectivity index (χ4n) is 3.55.